The van der Waals surface area contributed by atoms with E-state index in [9.17, 15) is 34.0 Å². The topological polar surface area (TPSA) is 139 Å². The van der Waals surface area contributed by atoms with Crippen LogP contribution in [0.4, 0.5) is 4.39 Å². The third kappa shape index (κ3) is 8.60. The third-order valence-electron chi connectivity index (χ3n) is 4.91. The number of aliphatic carboxylic acids is 1. The Morgan fingerprint density at radius 3 is 2.19 bits per heavy atom. The predicted molar refractivity (Wildman–Crippen MR) is 116 cm³/mol. The number of carbonyl (C=O) groups is 3. The molecule has 0 unspecified atom stereocenters. The van der Waals surface area contributed by atoms with E-state index in [1.807, 2.05) is 13.8 Å². The van der Waals surface area contributed by atoms with Crippen molar-refractivity contribution in [1.82, 2.24) is 10.6 Å². The van der Waals surface area contributed by atoms with Crippen LogP contribution < -0.4 is 10.6 Å². The number of halogens is 1. The van der Waals surface area contributed by atoms with E-state index in [2.05, 4.69) is 10.6 Å². The molecule has 0 aliphatic heterocycles. The van der Waals surface area contributed by atoms with Crippen LogP contribution in [-0.2, 0) is 20.8 Å². The summed E-state index contributed by atoms with van der Waals surface area (Å²) in [6.45, 7) is 8.11. The number of hydrogen-bond acceptors (Lipinski definition) is 5. The van der Waals surface area contributed by atoms with Gasteiger partial charge in [-0.05, 0) is 29.4 Å². The van der Waals surface area contributed by atoms with Gasteiger partial charge >= 0.3 is 5.97 Å². The Morgan fingerprint density at radius 1 is 1.12 bits per heavy atom. The lowest BCUT2D eigenvalue weighted by molar-refractivity contribution is -0.486. The molecular formula is C22H32FN3O6. The molecule has 3 atom stereocenters. The molecule has 0 fully saturated rings. The lowest BCUT2D eigenvalue weighted by atomic mass is 9.85. The largest absolute Gasteiger partial charge is 0.480 e. The van der Waals surface area contributed by atoms with Gasteiger partial charge in [0.15, 0.2) is 0 Å². The number of carbonyl (C=O) groups excluding carboxylic acids is 2. The van der Waals surface area contributed by atoms with Gasteiger partial charge in [-0.2, -0.15) is 0 Å². The Balaban J connectivity index is 3.05. The molecule has 0 aliphatic carbocycles. The second kappa shape index (κ2) is 11.5. The van der Waals surface area contributed by atoms with E-state index in [1.165, 1.54) is 18.2 Å². The van der Waals surface area contributed by atoms with E-state index in [4.69, 9.17) is 0 Å². The molecule has 0 radical (unpaired) electrons. The van der Waals surface area contributed by atoms with Crippen LogP contribution in [0.25, 0.3) is 0 Å². The maximum absolute atomic E-state index is 14.0. The molecule has 0 aromatic heterocycles. The van der Waals surface area contributed by atoms with Crippen molar-refractivity contribution in [3.8, 4) is 0 Å². The number of rotatable bonds is 11. The minimum atomic E-state index is -1.42. The van der Waals surface area contributed by atoms with Gasteiger partial charge in [0.1, 0.15) is 23.8 Å². The van der Waals surface area contributed by atoms with Gasteiger partial charge < -0.3 is 15.7 Å². The molecule has 1 aromatic carbocycles. The Morgan fingerprint density at radius 2 is 1.72 bits per heavy atom. The maximum Gasteiger partial charge on any atom is 0.326 e. The van der Waals surface area contributed by atoms with Gasteiger partial charge in [0.2, 0.25) is 18.4 Å². The first-order chi connectivity index (χ1) is 14.7. The molecule has 0 spiro atoms. The normalized spacial score (nSPS) is 14.3. The molecule has 0 aliphatic rings. The van der Waals surface area contributed by atoms with Crippen LogP contribution in [-0.4, -0.2) is 46.4 Å². The van der Waals surface area contributed by atoms with Crippen LogP contribution in [0.3, 0.4) is 0 Å². The molecule has 0 heterocycles. The molecule has 0 saturated heterocycles. The minimum absolute atomic E-state index is 0.0183. The highest BCUT2D eigenvalue weighted by molar-refractivity contribution is 5.91. The zero-order valence-electron chi connectivity index (χ0n) is 19.1. The summed E-state index contributed by atoms with van der Waals surface area (Å²) < 4.78 is 14.0. The van der Waals surface area contributed by atoms with E-state index in [0.29, 0.717) is 0 Å². The first kappa shape index (κ1) is 27.0. The van der Waals surface area contributed by atoms with Crippen molar-refractivity contribution >= 4 is 17.8 Å². The van der Waals surface area contributed by atoms with Crippen LogP contribution in [0.1, 0.15) is 46.6 Å². The summed E-state index contributed by atoms with van der Waals surface area (Å²) in [4.78, 5) is 47.8. The first-order valence-corrected chi connectivity index (χ1v) is 10.4. The lowest BCUT2D eigenvalue weighted by Gasteiger charge is -2.32. The number of nitrogens with zero attached hydrogens (tertiary/aromatic N) is 1. The van der Waals surface area contributed by atoms with Crippen LogP contribution >= 0.6 is 0 Å². The van der Waals surface area contributed by atoms with Gasteiger partial charge in [0.25, 0.3) is 0 Å². The van der Waals surface area contributed by atoms with E-state index >= 15 is 0 Å². The fraction of sp³-hybridized carbons (Fsp3) is 0.591. The molecule has 1 aromatic rings. The lowest BCUT2D eigenvalue weighted by Crippen LogP contribution is -2.58. The van der Waals surface area contributed by atoms with E-state index < -0.39 is 58.5 Å². The summed E-state index contributed by atoms with van der Waals surface area (Å²) in [5, 5.41) is 25.4. The highest BCUT2D eigenvalue weighted by Crippen LogP contribution is 2.22. The standard InChI is InChI=1S/C22H32FN3O6/c1-13(2)10-15(12-26(31)32)19(27)25-18(22(3,4)5)20(28)24-17(21(29)30)11-14-8-6-7-9-16(14)23/h6-9,13,15,17-18H,10-12H2,1-5H3,(H,24,28)(H,25,27)(H,29,30)/t15-,17+,18-/m1/s1. The Kier molecular flexibility index (Phi) is 9.74. The van der Waals surface area contributed by atoms with Crippen molar-refractivity contribution in [2.75, 3.05) is 6.54 Å². The summed E-state index contributed by atoms with van der Waals surface area (Å²) in [6, 6.07) is 3.07. The predicted octanol–water partition coefficient (Wildman–Crippen LogP) is 2.41. The molecule has 1 rings (SSSR count). The molecule has 3 N–H and O–H groups in total. The first-order valence-electron chi connectivity index (χ1n) is 10.4. The summed E-state index contributed by atoms with van der Waals surface area (Å²) in [6.07, 6.45) is -0.0216. The number of nitro groups is 1. The fourth-order valence-electron chi connectivity index (χ4n) is 3.29. The second-order valence-electron chi connectivity index (χ2n) is 9.34. The van der Waals surface area contributed by atoms with Crippen molar-refractivity contribution in [2.45, 2.75) is 59.5 Å². The molecule has 0 saturated carbocycles. The van der Waals surface area contributed by atoms with Crippen LogP contribution in [0, 0.1) is 33.2 Å². The van der Waals surface area contributed by atoms with Gasteiger partial charge in [-0.15, -0.1) is 0 Å². The number of carboxylic acids is 1. The molecule has 10 heteroatoms. The van der Waals surface area contributed by atoms with Crippen LogP contribution in [0.15, 0.2) is 24.3 Å². The fourth-order valence-corrected chi connectivity index (χ4v) is 3.29. The number of amides is 2. The van der Waals surface area contributed by atoms with Crippen molar-refractivity contribution in [2.24, 2.45) is 17.3 Å². The molecule has 32 heavy (non-hydrogen) atoms. The van der Waals surface area contributed by atoms with Crippen molar-refractivity contribution in [3.05, 3.63) is 45.8 Å². The van der Waals surface area contributed by atoms with E-state index in [-0.39, 0.29) is 24.3 Å². The number of hydrogen-bond donors (Lipinski definition) is 3. The van der Waals surface area contributed by atoms with Crippen LogP contribution in [0.2, 0.25) is 0 Å². The average molecular weight is 454 g/mol. The summed E-state index contributed by atoms with van der Waals surface area (Å²) in [5.41, 5.74) is -0.697. The summed E-state index contributed by atoms with van der Waals surface area (Å²) >= 11 is 0. The van der Waals surface area contributed by atoms with Gasteiger partial charge in [-0.3, -0.25) is 19.7 Å². The van der Waals surface area contributed by atoms with Gasteiger partial charge in [0.05, 0.1) is 0 Å². The van der Waals surface area contributed by atoms with Crippen LogP contribution in [0.5, 0.6) is 0 Å². The molecular weight excluding hydrogens is 421 g/mol. The monoisotopic (exact) mass is 453 g/mol. The van der Waals surface area contributed by atoms with Crippen molar-refractivity contribution < 1.29 is 28.8 Å². The van der Waals surface area contributed by atoms with E-state index in [0.717, 1.165) is 0 Å². The molecule has 9 nitrogen and oxygen atoms in total. The number of benzene rings is 1. The maximum atomic E-state index is 14.0. The zero-order valence-corrected chi connectivity index (χ0v) is 19.1. The third-order valence-corrected chi connectivity index (χ3v) is 4.91. The number of carboxylic acid groups (broad SMARTS) is 1. The summed E-state index contributed by atoms with van der Waals surface area (Å²) in [7, 11) is 0. The second-order valence-corrected chi connectivity index (χ2v) is 9.34. The Hall–Kier alpha value is -3.04. The SMILES string of the molecule is CC(C)C[C@H](C[N+](=O)[O-])C(=O)N[C@H](C(=O)N[C@@H](Cc1ccccc1F)C(=O)O)C(C)(C)C. The molecule has 0 bridgehead atoms. The highest BCUT2D eigenvalue weighted by Gasteiger charge is 2.37. The van der Waals surface area contributed by atoms with Gasteiger partial charge in [0, 0.05) is 11.3 Å². The quantitative estimate of drug-likeness (QED) is 0.347. The smallest absolute Gasteiger partial charge is 0.326 e. The molecule has 2 amide bonds. The van der Waals surface area contributed by atoms with Gasteiger partial charge in [-0.1, -0.05) is 52.8 Å². The minimum Gasteiger partial charge on any atom is -0.480 e. The molecule has 178 valence electrons. The van der Waals surface area contributed by atoms with Crippen molar-refractivity contribution in [1.29, 1.82) is 0 Å². The Bertz CT molecular complexity index is 837. The zero-order chi connectivity index (χ0) is 24.6. The number of nitrogens with one attached hydrogen (secondary N) is 2. The average Bonchev–Trinajstić information content (AvgIpc) is 2.64. The highest BCUT2D eigenvalue weighted by atomic mass is 19.1. The van der Waals surface area contributed by atoms with E-state index in [1.54, 1.807) is 26.8 Å². The summed E-state index contributed by atoms with van der Waals surface area (Å²) in [5.74, 6) is -4.27. The van der Waals surface area contributed by atoms with Crippen molar-refractivity contribution in [3.63, 3.8) is 0 Å². The van der Waals surface area contributed by atoms with Gasteiger partial charge in [-0.25, -0.2) is 9.18 Å². The Labute approximate surface area is 186 Å².